The summed E-state index contributed by atoms with van der Waals surface area (Å²) in [5.41, 5.74) is 0.387. The van der Waals surface area contributed by atoms with Crippen molar-refractivity contribution in [3.05, 3.63) is 24.3 Å². The van der Waals surface area contributed by atoms with Gasteiger partial charge in [-0.25, -0.2) is 0 Å². The van der Waals surface area contributed by atoms with Crippen molar-refractivity contribution >= 4 is 18.5 Å². The van der Waals surface area contributed by atoms with Crippen LogP contribution < -0.4 is 0 Å². The zero-order valence-corrected chi connectivity index (χ0v) is 14.0. The zero-order valence-electron chi connectivity index (χ0n) is 14.0. The summed E-state index contributed by atoms with van der Waals surface area (Å²) in [5, 5.41) is 0. The molecule has 0 saturated carbocycles. The molecule has 0 unspecified atom stereocenters. The van der Waals surface area contributed by atoms with Crippen LogP contribution in [0.15, 0.2) is 24.3 Å². The molecule has 4 heteroatoms. The van der Waals surface area contributed by atoms with E-state index in [0.29, 0.717) is 18.5 Å². The Balaban J connectivity index is 4.73. The fraction of sp³-hybridized carbons (Fsp3) is 0.611. The van der Waals surface area contributed by atoms with Gasteiger partial charge in [0.25, 0.3) is 0 Å². The van der Waals surface area contributed by atoms with E-state index >= 15 is 0 Å². The molecular weight excluding hydrogens is 280 g/mol. The Morgan fingerprint density at radius 2 is 1.91 bits per heavy atom. The first-order chi connectivity index (χ1) is 10.5. The average molecular weight is 308 g/mol. The van der Waals surface area contributed by atoms with Crippen molar-refractivity contribution in [2.75, 3.05) is 6.61 Å². The maximum atomic E-state index is 12.0. The van der Waals surface area contributed by atoms with Crippen LogP contribution in [0.5, 0.6) is 0 Å². The highest BCUT2D eigenvalue weighted by Crippen LogP contribution is 2.31. The van der Waals surface area contributed by atoms with Crippen molar-refractivity contribution < 1.29 is 19.1 Å². The molecule has 0 saturated heterocycles. The van der Waals surface area contributed by atoms with Crippen LogP contribution in [-0.4, -0.2) is 25.1 Å². The van der Waals surface area contributed by atoms with E-state index in [0.717, 1.165) is 25.5 Å². The van der Waals surface area contributed by atoms with E-state index in [4.69, 9.17) is 4.74 Å². The Morgan fingerprint density at radius 3 is 2.32 bits per heavy atom. The fourth-order valence-electron chi connectivity index (χ4n) is 2.45. The Morgan fingerprint density at radius 1 is 1.27 bits per heavy atom. The van der Waals surface area contributed by atoms with Crippen molar-refractivity contribution in [1.29, 1.82) is 0 Å². The standard InChI is InChI=1S/C18H28O4/c1-5-10-18(7-3,8-4)14-22-17(21)12-16(9-11-19)15(6-2)13-20/h5-6,11,13,16H,1,7-10,12,14H2,2-4H3/b15-6-/t16-/m0/s1. The lowest BCUT2D eigenvalue weighted by molar-refractivity contribution is -0.148. The number of aldehydes is 2. The van der Waals surface area contributed by atoms with Crippen LogP contribution in [-0.2, 0) is 19.1 Å². The third-order valence-corrected chi connectivity index (χ3v) is 4.35. The highest BCUT2D eigenvalue weighted by atomic mass is 16.5. The number of rotatable bonds is 12. The molecule has 22 heavy (non-hydrogen) atoms. The summed E-state index contributed by atoms with van der Waals surface area (Å²) >= 11 is 0. The minimum absolute atomic E-state index is 0.0503. The molecule has 0 aromatic heterocycles. The van der Waals surface area contributed by atoms with Gasteiger partial charge in [-0.15, -0.1) is 6.58 Å². The fourth-order valence-corrected chi connectivity index (χ4v) is 2.45. The van der Waals surface area contributed by atoms with Gasteiger partial charge in [0.15, 0.2) is 0 Å². The minimum atomic E-state index is -0.399. The number of hydrogen-bond acceptors (Lipinski definition) is 4. The van der Waals surface area contributed by atoms with Crippen LogP contribution in [0, 0.1) is 11.3 Å². The van der Waals surface area contributed by atoms with E-state index in [1.807, 2.05) is 6.08 Å². The Bertz CT molecular complexity index is 405. The molecule has 0 rings (SSSR count). The maximum Gasteiger partial charge on any atom is 0.306 e. The molecule has 0 aliphatic heterocycles. The summed E-state index contributed by atoms with van der Waals surface area (Å²) in [6, 6.07) is 0. The Labute approximate surface area is 133 Å². The Kier molecular flexibility index (Phi) is 10.1. The van der Waals surface area contributed by atoms with Gasteiger partial charge in [-0.1, -0.05) is 26.0 Å². The van der Waals surface area contributed by atoms with Gasteiger partial charge in [-0.05, 0) is 31.8 Å². The lowest BCUT2D eigenvalue weighted by atomic mass is 9.80. The molecule has 0 amide bonds. The molecule has 0 aromatic carbocycles. The minimum Gasteiger partial charge on any atom is -0.465 e. The van der Waals surface area contributed by atoms with Crippen molar-refractivity contribution in [3.63, 3.8) is 0 Å². The van der Waals surface area contributed by atoms with Gasteiger partial charge in [0.2, 0.25) is 0 Å². The highest BCUT2D eigenvalue weighted by Gasteiger charge is 2.27. The van der Waals surface area contributed by atoms with E-state index in [2.05, 4.69) is 20.4 Å². The van der Waals surface area contributed by atoms with Gasteiger partial charge in [-0.3, -0.25) is 9.59 Å². The molecule has 0 spiro atoms. The van der Waals surface area contributed by atoms with E-state index in [-0.39, 0.29) is 24.2 Å². The summed E-state index contributed by atoms with van der Waals surface area (Å²) in [6.07, 6.45) is 7.69. The van der Waals surface area contributed by atoms with Crippen LogP contribution in [0.1, 0.15) is 52.9 Å². The van der Waals surface area contributed by atoms with Crippen LogP contribution in [0.3, 0.4) is 0 Å². The summed E-state index contributed by atoms with van der Waals surface area (Å²) in [7, 11) is 0. The van der Waals surface area contributed by atoms with Crippen LogP contribution in [0.2, 0.25) is 0 Å². The smallest absolute Gasteiger partial charge is 0.306 e. The maximum absolute atomic E-state index is 12.0. The summed E-state index contributed by atoms with van der Waals surface area (Å²) < 4.78 is 5.41. The number of ether oxygens (including phenoxy) is 1. The largest absolute Gasteiger partial charge is 0.465 e. The number of carbonyl (C=O) groups excluding carboxylic acids is 3. The van der Waals surface area contributed by atoms with Gasteiger partial charge < -0.3 is 9.53 Å². The van der Waals surface area contributed by atoms with Crippen molar-refractivity contribution in [3.8, 4) is 0 Å². The Hall–Kier alpha value is -1.71. The predicted octanol–water partition coefficient (Wildman–Crippen LogP) is 3.65. The molecule has 0 radical (unpaired) electrons. The van der Waals surface area contributed by atoms with E-state index in [1.165, 1.54) is 0 Å². The first-order valence-corrected chi connectivity index (χ1v) is 7.83. The molecule has 0 aromatic rings. The monoisotopic (exact) mass is 308 g/mol. The second-order valence-electron chi connectivity index (χ2n) is 5.57. The molecule has 0 bridgehead atoms. The molecule has 4 nitrogen and oxygen atoms in total. The highest BCUT2D eigenvalue weighted by molar-refractivity contribution is 5.78. The lowest BCUT2D eigenvalue weighted by Crippen LogP contribution is -2.27. The quantitative estimate of drug-likeness (QED) is 0.239. The normalized spacial score (nSPS) is 13.3. The van der Waals surface area contributed by atoms with Crippen LogP contribution in [0.4, 0.5) is 0 Å². The summed E-state index contributed by atoms with van der Waals surface area (Å²) in [6.45, 7) is 9.96. The molecule has 0 aliphatic rings. The molecule has 124 valence electrons. The molecule has 0 heterocycles. The van der Waals surface area contributed by atoms with Crippen LogP contribution in [0.25, 0.3) is 0 Å². The lowest BCUT2D eigenvalue weighted by Gasteiger charge is -2.30. The van der Waals surface area contributed by atoms with E-state index in [9.17, 15) is 14.4 Å². The molecule has 1 atom stereocenters. The van der Waals surface area contributed by atoms with Crippen molar-refractivity contribution in [2.24, 2.45) is 11.3 Å². The molecule has 0 aliphatic carbocycles. The number of hydrogen-bond donors (Lipinski definition) is 0. The first kappa shape index (κ1) is 20.3. The van der Waals surface area contributed by atoms with E-state index < -0.39 is 5.92 Å². The molecular formula is C18H28O4. The topological polar surface area (TPSA) is 60.4 Å². The zero-order chi connectivity index (χ0) is 17.0. The van der Waals surface area contributed by atoms with Gasteiger partial charge in [0, 0.05) is 17.8 Å². The second-order valence-corrected chi connectivity index (χ2v) is 5.57. The third-order valence-electron chi connectivity index (χ3n) is 4.35. The summed E-state index contributed by atoms with van der Waals surface area (Å²) in [5.74, 6) is -0.770. The van der Waals surface area contributed by atoms with Crippen LogP contribution >= 0.6 is 0 Å². The van der Waals surface area contributed by atoms with E-state index in [1.54, 1.807) is 13.0 Å². The number of esters is 1. The predicted molar refractivity (Wildman–Crippen MR) is 87.4 cm³/mol. The second kappa shape index (κ2) is 10.9. The van der Waals surface area contributed by atoms with Crippen molar-refractivity contribution in [1.82, 2.24) is 0 Å². The molecule has 0 fully saturated rings. The third kappa shape index (κ3) is 6.37. The first-order valence-electron chi connectivity index (χ1n) is 7.83. The summed E-state index contributed by atoms with van der Waals surface area (Å²) in [4.78, 5) is 33.7. The number of allylic oxidation sites excluding steroid dienone is 3. The van der Waals surface area contributed by atoms with Gasteiger partial charge in [0.05, 0.1) is 13.0 Å². The average Bonchev–Trinajstić information content (AvgIpc) is 2.53. The van der Waals surface area contributed by atoms with Crippen molar-refractivity contribution in [2.45, 2.75) is 52.9 Å². The SMILES string of the molecule is C=CCC(CC)(CC)COC(=O)C[C@H](CC=O)/C(C=O)=C\C. The number of carbonyl (C=O) groups is 3. The molecule has 0 N–H and O–H groups in total. The van der Waals surface area contributed by atoms with Gasteiger partial charge in [0.1, 0.15) is 12.6 Å². The van der Waals surface area contributed by atoms with Gasteiger partial charge >= 0.3 is 5.97 Å². The van der Waals surface area contributed by atoms with Gasteiger partial charge in [-0.2, -0.15) is 0 Å².